The average Bonchev–Trinajstić information content (AvgIpc) is 3.19. The standard InChI is InChI=1S/C43H86O12/c1-4-6-7-8-9-10-11-12-13-14-15-16-17-18-19-20-43(44)55-40-39-53-36-35-51-32-31-49-28-27-47-24-23-45-21-22-46-25-26-48-29-30-50-33-34-52-37-38-54-41-42(3)5-2/h42H,4-41H2,1-3H3. The smallest absolute Gasteiger partial charge is 0.305 e. The number of unbranched alkanes of at least 4 members (excludes halogenated alkanes) is 14. The lowest BCUT2D eigenvalue weighted by molar-refractivity contribution is -0.145. The molecule has 330 valence electrons. The summed E-state index contributed by atoms with van der Waals surface area (Å²) in [5.74, 6) is 0.467. The van der Waals surface area contributed by atoms with Gasteiger partial charge in [0, 0.05) is 13.0 Å². The van der Waals surface area contributed by atoms with Gasteiger partial charge in [0.05, 0.1) is 126 Å². The number of hydrogen-bond acceptors (Lipinski definition) is 12. The summed E-state index contributed by atoms with van der Waals surface area (Å²) >= 11 is 0. The van der Waals surface area contributed by atoms with Crippen molar-refractivity contribution in [3.05, 3.63) is 0 Å². The summed E-state index contributed by atoms with van der Waals surface area (Å²) in [6, 6.07) is 0. The van der Waals surface area contributed by atoms with Crippen LogP contribution in [0.4, 0.5) is 0 Å². The number of carbonyl (C=O) groups excluding carboxylic acids is 1. The zero-order valence-electron chi connectivity index (χ0n) is 35.8. The van der Waals surface area contributed by atoms with E-state index in [1.807, 2.05) is 0 Å². The molecule has 0 saturated carbocycles. The summed E-state index contributed by atoms with van der Waals surface area (Å²) in [5, 5.41) is 0. The van der Waals surface area contributed by atoms with Crippen LogP contribution in [-0.4, -0.2) is 145 Å². The van der Waals surface area contributed by atoms with Crippen molar-refractivity contribution < 1.29 is 56.9 Å². The number of ether oxygens (including phenoxy) is 11. The van der Waals surface area contributed by atoms with Crippen molar-refractivity contribution in [3.8, 4) is 0 Å². The van der Waals surface area contributed by atoms with E-state index in [2.05, 4.69) is 20.8 Å². The second-order valence-electron chi connectivity index (χ2n) is 14.0. The predicted octanol–water partition coefficient (Wildman–Crippen LogP) is 8.00. The Bertz CT molecular complexity index is 717. The molecule has 0 aromatic carbocycles. The van der Waals surface area contributed by atoms with Crippen molar-refractivity contribution >= 4 is 5.97 Å². The van der Waals surface area contributed by atoms with E-state index in [1.54, 1.807) is 0 Å². The highest BCUT2D eigenvalue weighted by atomic mass is 16.6. The van der Waals surface area contributed by atoms with Gasteiger partial charge in [-0.25, -0.2) is 0 Å². The Morgan fingerprint density at radius 2 is 0.600 bits per heavy atom. The molecule has 0 aromatic rings. The lowest BCUT2D eigenvalue weighted by Gasteiger charge is -2.10. The first kappa shape index (κ1) is 54.1. The van der Waals surface area contributed by atoms with Gasteiger partial charge in [-0.1, -0.05) is 117 Å². The van der Waals surface area contributed by atoms with Crippen LogP contribution >= 0.6 is 0 Å². The van der Waals surface area contributed by atoms with Gasteiger partial charge in [-0.15, -0.1) is 0 Å². The van der Waals surface area contributed by atoms with Crippen molar-refractivity contribution in [2.75, 3.05) is 139 Å². The Balaban J connectivity index is 3.13. The fourth-order valence-corrected chi connectivity index (χ4v) is 5.31. The van der Waals surface area contributed by atoms with Crippen molar-refractivity contribution in [2.45, 2.75) is 130 Å². The van der Waals surface area contributed by atoms with Gasteiger partial charge >= 0.3 is 5.97 Å². The van der Waals surface area contributed by atoms with Gasteiger partial charge in [-0.2, -0.15) is 0 Å². The average molecular weight is 795 g/mol. The fourth-order valence-electron chi connectivity index (χ4n) is 5.31. The first-order valence-corrected chi connectivity index (χ1v) is 22.1. The Morgan fingerprint density at radius 1 is 0.345 bits per heavy atom. The molecular formula is C43H86O12. The molecule has 0 bridgehead atoms. The molecule has 0 saturated heterocycles. The van der Waals surface area contributed by atoms with Crippen LogP contribution in [0.15, 0.2) is 0 Å². The summed E-state index contributed by atoms with van der Waals surface area (Å²) in [5.41, 5.74) is 0. The molecule has 55 heavy (non-hydrogen) atoms. The molecule has 0 fully saturated rings. The van der Waals surface area contributed by atoms with E-state index in [9.17, 15) is 4.79 Å². The van der Waals surface area contributed by atoms with Gasteiger partial charge in [-0.05, 0) is 12.3 Å². The van der Waals surface area contributed by atoms with Gasteiger partial charge in [0.2, 0.25) is 0 Å². The van der Waals surface area contributed by atoms with Crippen LogP contribution < -0.4 is 0 Å². The van der Waals surface area contributed by atoms with Gasteiger partial charge in [0.25, 0.3) is 0 Å². The Kier molecular flexibility index (Phi) is 48.4. The minimum atomic E-state index is -0.128. The molecule has 0 aliphatic carbocycles. The normalized spacial score (nSPS) is 12.1. The first-order valence-electron chi connectivity index (χ1n) is 22.1. The molecular weight excluding hydrogens is 708 g/mol. The second-order valence-corrected chi connectivity index (χ2v) is 14.0. The number of rotatable bonds is 49. The van der Waals surface area contributed by atoms with Gasteiger partial charge in [0.15, 0.2) is 0 Å². The highest BCUT2D eigenvalue weighted by Crippen LogP contribution is 2.14. The van der Waals surface area contributed by atoms with E-state index in [0.29, 0.717) is 144 Å². The minimum absolute atomic E-state index is 0.128. The Labute approximate surface area is 336 Å². The molecule has 1 atom stereocenters. The summed E-state index contributed by atoms with van der Waals surface area (Å²) < 4.78 is 60.3. The Morgan fingerprint density at radius 3 is 0.891 bits per heavy atom. The fraction of sp³-hybridized carbons (Fsp3) is 0.977. The van der Waals surface area contributed by atoms with E-state index < -0.39 is 0 Å². The van der Waals surface area contributed by atoms with Crippen LogP contribution in [0.3, 0.4) is 0 Å². The molecule has 0 heterocycles. The van der Waals surface area contributed by atoms with Crippen molar-refractivity contribution in [1.29, 1.82) is 0 Å². The van der Waals surface area contributed by atoms with Crippen LogP contribution in [0.2, 0.25) is 0 Å². The Hall–Kier alpha value is -0.930. The summed E-state index contributed by atoms with van der Waals surface area (Å²) in [6.07, 6.45) is 21.4. The van der Waals surface area contributed by atoms with E-state index in [1.165, 1.54) is 83.5 Å². The predicted molar refractivity (Wildman–Crippen MR) is 218 cm³/mol. The molecule has 0 aliphatic rings. The molecule has 12 nitrogen and oxygen atoms in total. The molecule has 12 heteroatoms. The molecule has 0 radical (unpaired) electrons. The zero-order chi connectivity index (χ0) is 39.8. The summed E-state index contributed by atoms with van der Waals surface area (Å²) in [6.45, 7) is 17.5. The molecule has 0 aliphatic heterocycles. The van der Waals surface area contributed by atoms with Crippen LogP contribution in [-0.2, 0) is 56.9 Å². The van der Waals surface area contributed by atoms with Gasteiger partial charge < -0.3 is 52.1 Å². The second kappa shape index (κ2) is 49.2. The van der Waals surface area contributed by atoms with Crippen molar-refractivity contribution in [3.63, 3.8) is 0 Å². The molecule has 0 rings (SSSR count). The maximum absolute atomic E-state index is 11.9. The topological polar surface area (TPSA) is 119 Å². The van der Waals surface area contributed by atoms with Gasteiger partial charge in [-0.3, -0.25) is 4.79 Å². The van der Waals surface area contributed by atoms with E-state index >= 15 is 0 Å². The number of carbonyl (C=O) groups is 1. The summed E-state index contributed by atoms with van der Waals surface area (Å²) in [7, 11) is 0. The van der Waals surface area contributed by atoms with E-state index in [0.717, 1.165) is 25.9 Å². The lowest BCUT2D eigenvalue weighted by atomic mass is 10.0. The number of esters is 1. The van der Waals surface area contributed by atoms with Crippen LogP contribution in [0, 0.1) is 5.92 Å². The summed E-state index contributed by atoms with van der Waals surface area (Å²) in [4.78, 5) is 11.9. The van der Waals surface area contributed by atoms with Crippen LogP contribution in [0.25, 0.3) is 0 Å². The monoisotopic (exact) mass is 795 g/mol. The third kappa shape index (κ3) is 49.1. The van der Waals surface area contributed by atoms with Crippen LogP contribution in [0.1, 0.15) is 130 Å². The lowest BCUT2D eigenvalue weighted by Crippen LogP contribution is -2.15. The third-order valence-electron chi connectivity index (χ3n) is 8.92. The maximum Gasteiger partial charge on any atom is 0.305 e. The molecule has 0 N–H and O–H groups in total. The van der Waals surface area contributed by atoms with E-state index in [4.69, 9.17) is 52.1 Å². The van der Waals surface area contributed by atoms with Crippen LogP contribution in [0.5, 0.6) is 0 Å². The molecule has 0 amide bonds. The van der Waals surface area contributed by atoms with E-state index in [-0.39, 0.29) is 5.97 Å². The largest absolute Gasteiger partial charge is 0.463 e. The van der Waals surface area contributed by atoms with Gasteiger partial charge in [0.1, 0.15) is 6.61 Å². The van der Waals surface area contributed by atoms with Crippen molar-refractivity contribution in [2.24, 2.45) is 5.92 Å². The molecule has 0 spiro atoms. The molecule has 0 aromatic heterocycles. The quantitative estimate of drug-likeness (QED) is 0.0439. The first-order chi connectivity index (χ1) is 27.2. The minimum Gasteiger partial charge on any atom is -0.463 e. The zero-order valence-corrected chi connectivity index (χ0v) is 35.8. The highest BCUT2D eigenvalue weighted by molar-refractivity contribution is 5.69. The van der Waals surface area contributed by atoms with Crippen molar-refractivity contribution in [1.82, 2.24) is 0 Å². The SMILES string of the molecule is CCCCCCCCCCCCCCCCCC(=O)OCCOCCOCCOCCOCCOCCOCCOCCOCCOCCOCC(C)CC. The molecule has 1 unspecified atom stereocenters. The number of hydrogen-bond donors (Lipinski definition) is 0. The third-order valence-corrected chi connectivity index (χ3v) is 8.92. The maximum atomic E-state index is 11.9. The highest BCUT2D eigenvalue weighted by Gasteiger charge is 2.03.